The number of carbonyl (C=O) groups excluding carboxylic acids is 2. The van der Waals surface area contributed by atoms with Crippen molar-refractivity contribution in [2.45, 2.75) is 46.6 Å². The van der Waals surface area contributed by atoms with E-state index in [1.807, 2.05) is 45.9 Å². The normalized spacial score (nSPS) is 17.4. The third-order valence-electron chi connectivity index (χ3n) is 4.10. The summed E-state index contributed by atoms with van der Waals surface area (Å²) in [6, 6.07) is 5.37. The molecule has 1 fully saturated rings. The second-order valence-electron chi connectivity index (χ2n) is 6.61. The summed E-state index contributed by atoms with van der Waals surface area (Å²) in [6.45, 7) is 8.96. The summed E-state index contributed by atoms with van der Waals surface area (Å²) >= 11 is 0. The van der Waals surface area contributed by atoms with E-state index in [1.54, 1.807) is 4.90 Å². The van der Waals surface area contributed by atoms with Crippen LogP contribution in [0.1, 0.15) is 37.8 Å². The highest BCUT2D eigenvalue weighted by molar-refractivity contribution is 5.96. The van der Waals surface area contributed by atoms with Gasteiger partial charge in [-0.25, -0.2) is 4.79 Å². The number of nitrogens with zero attached hydrogens (tertiary/aromatic N) is 1. The highest BCUT2D eigenvalue weighted by Crippen LogP contribution is 2.21. The number of hydrogen-bond donors (Lipinski definition) is 1. The lowest BCUT2D eigenvalue weighted by Crippen LogP contribution is -2.43. The van der Waals surface area contributed by atoms with E-state index in [4.69, 9.17) is 4.74 Å². The number of carbonyl (C=O) groups is 2. The second-order valence-corrected chi connectivity index (χ2v) is 6.61. The Hall–Kier alpha value is -2.04. The Balaban J connectivity index is 1.99. The fourth-order valence-corrected chi connectivity index (χ4v) is 2.62. The van der Waals surface area contributed by atoms with Crippen LogP contribution in [0, 0.1) is 19.8 Å². The predicted molar refractivity (Wildman–Crippen MR) is 90.5 cm³/mol. The summed E-state index contributed by atoms with van der Waals surface area (Å²) in [6.07, 6.45) is 1.10. The number of ether oxygens (including phenoxy) is 1. The number of benzene rings is 1. The van der Waals surface area contributed by atoms with Crippen LogP contribution in [0.15, 0.2) is 18.2 Å². The van der Waals surface area contributed by atoms with Crippen molar-refractivity contribution in [2.75, 3.05) is 18.5 Å². The molecular weight excluding hydrogens is 292 g/mol. The lowest BCUT2D eigenvalue weighted by atomic mass is 10.1. The van der Waals surface area contributed by atoms with Crippen LogP contribution < -0.4 is 5.32 Å². The Morgan fingerprint density at radius 2 is 2.04 bits per heavy atom. The quantitative estimate of drug-likeness (QED) is 0.924. The maximum absolute atomic E-state index is 12.5. The van der Waals surface area contributed by atoms with E-state index in [0.717, 1.165) is 17.7 Å². The molecule has 126 valence electrons. The molecule has 0 spiro atoms. The first kappa shape index (κ1) is 17.3. The van der Waals surface area contributed by atoms with E-state index >= 15 is 0 Å². The number of amides is 2. The molecule has 2 amide bonds. The van der Waals surface area contributed by atoms with Gasteiger partial charge in [-0.1, -0.05) is 19.9 Å². The van der Waals surface area contributed by atoms with Crippen molar-refractivity contribution in [1.82, 2.24) is 4.90 Å². The smallest absolute Gasteiger partial charge is 0.410 e. The van der Waals surface area contributed by atoms with Crippen LogP contribution >= 0.6 is 0 Å². The zero-order valence-electron chi connectivity index (χ0n) is 14.4. The Kier molecular flexibility index (Phi) is 5.64. The van der Waals surface area contributed by atoms with Gasteiger partial charge in [0.15, 0.2) is 0 Å². The molecule has 0 saturated carbocycles. The SMILES string of the molecule is Cc1ccc(NC(=O)C2CCCN2C(=O)OCC(C)C)cc1C. The fraction of sp³-hybridized carbons (Fsp3) is 0.556. The molecule has 2 rings (SSSR count). The minimum Gasteiger partial charge on any atom is -0.449 e. The summed E-state index contributed by atoms with van der Waals surface area (Å²) < 4.78 is 5.26. The highest BCUT2D eigenvalue weighted by atomic mass is 16.6. The maximum Gasteiger partial charge on any atom is 0.410 e. The van der Waals surface area contributed by atoms with E-state index < -0.39 is 12.1 Å². The number of aryl methyl sites for hydroxylation is 2. The summed E-state index contributed by atoms with van der Waals surface area (Å²) in [4.78, 5) is 26.2. The van der Waals surface area contributed by atoms with Gasteiger partial charge in [0.25, 0.3) is 0 Å². The van der Waals surface area contributed by atoms with Gasteiger partial charge in [-0.3, -0.25) is 9.69 Å². The van der Waals surface area contributed by atoms with Crippen molar-refractivity contribution >= 4 is 17.7 Å². The zero-order valence-corrected chi connectivity index (χ0v) is 14.4. The number of rotatable bonds is 4. The standard InChI is InChI=1S/C18H26N2O3/c1-12(2)11-23-18(22)20-9-5-6-16(20)17(21)19-15-8-7-13(3)14(4)10-15/h7-8,10,12,16H,5-6,9,11H2,1-4H3,(H,19,21). The number of anilines is 1. The fourth-order valence-electron chi connectivity index (χ4n) is 2.62. The molecule has 23 heavy (non-hydrogen) atoms. The first-order valence-corrected chi connectivity index (χ1v) is 8.20. The van der Waals surface area contributed by atoms with Crippen LogP contribution in [-0.2, 0) is 9.53 Å². The van der Waals surface area contributed by atoms with Crippen molar-refractivity contribution in [1.29, 1.82) is 0 Å². The molecule has 1 saturated heterocycles. The van der Waals surface area contributed by atoms with Crippen LogP contribution in [0.5, 0.6) is 0 Å². The first-order valence-electron chi connectivity index (χ1n) is 8.20. The highest BCUT2D eigenvalue weighted by Gasteiger charge is 2.35. The minimum atomic E-state index is -0.448. The zero-order chi connectivity index (χ0) is 17.0. The third kappa shape index (κ3) is 4.47. The molecule has 1 aliphatic heterocycles. The topological polar surface area (TPSA) is 58.6 Å². The van der Waals surface area contributed by atoms with E-state index in [0.29, 0.717) is 19.6 Å². The molecule has 1 heterocycles. The Morgan fingerprint density at radius 1 is 1.30 bits per heavy atom. The number of nitrogens with one attached hydrogen (secondary N) is 1. The largest absolute Gasteiger partial charge is 0.449 e. The molecule has 0 radical (unpaired) electrons. The Labute approximate surface area is 138 Å². The maximum atomic E-state index is 12.5. The molecule has 1 atom stereocenters. The van der Waals surface area contributed by atoms with Crippen LogP contribution in [0.4, 0.5) is 10.5 Å². The lowest BCUT2D eigenvalue weighted by Gasteiger charge is -2.24. The molecule has 1 unspecified atom stereocenters. The average molecular weight is 318 g/mol. The van der Waals surface area contributed by atoms with Crippen molar-refractivity contribution in [3.63, 3.8) is 0 Å². The molecule has 5 heteroatoms. The second kappa shape index (κ2) is 7.49. The summed E-state index contributed by atoms with van der Waals surface area (Å²) in [5.41, 5.74) is 3.07. The molecule has 0 aliphatic carbocycles. The van der Waals surface area contributed by atoms with Crippen LogP contribution in [0.3, 0.4) is 0 Å². The summed E-state index contributed by atoms with van der Waals surface area (Å²) in [5.74, 6) is 0.136. The van der Waals surface area contributed by atoms with Gasteiger partial charge in [-0.2, -0.15) is 0 Å². The van der Waals surface area contributed by atoms with Gasteiger partial charge in [0.2, 0.25) is 5.91 Å². The van der Waals surface area contributed by atoms with Crippen molar-refractivity contribution in [3.05, 3.63) is 29.3 Å². The van der Waals surface area contributed by atoms with E-state index in [-0.39, 0.29) is 11.8 Å². The first-order chi connectivity index (χ1) is 10.9. The van der Waals surface area contributed by atoms with Gasteiger partial charge in [-0.15, -0.1) is 0 Å². The van der Waals surface area contributed by atoms with Gasteiger partial charge in [0, 0.05) is 12.2 Å². The van der Waals surface area contributed by atoms with Crippen LogP contribution in [-0.4, -0.2) is 36.1 Å². The predicted octanol–water partition coefficient (Wildman–Crippen LogP) is 3.50. The van der Waals surface area contributed by atoms with Gasteiger partial charge >= 0.3 is 6.09 Å². The van der Waals surface area contributed by atoms with E-state index in [1.165, 1.54) is 5.56 Å². The van der Waals surface area contributed by atoms with Gasteiger partial charge in [0.1, 0.15) is 6.04 Å². The van der Waals surface area contributed by atoms with Crippen LogP contribution in [0.25, 0.3) is 0 Å². The molecular formula is C18H26N2O3. The van der Waals surface area contributed by atoms with Gasteiger partial charge < -0.3 is 10.1 Å². The van der Waals surface area contributed by atoms with E-state index in [9.17, 15) is 9.59 Å². The molecule has 5 nitrogen and oxygen atoms in total. The minimum absolute atomic E-state index is 0.146. The van der Waals surface area contributed by atoms with Gasteiger partial charge in [0.05, 0.1) is 6.61 Å². The number of likely N-dealkylation sites (tertiary alicyclic amines) is 1. The number of hydrogen-bond acceptors (Lipinski definition) is 3. The summed E-state index contributed by atoms with van der Waals surface area (Å²) in [5, 5.41) is 2.91. The monoisotopic (exact) mass is 318 g/mol. The molecule has 1 N–H and O–H groups in total. The van der Waals surface area contributed by atoms with Crippen molar-refractivity contribution in [3.8, 4) is 0 Å². The van der Waals surface area contributed by atoms with Crippen LogP contribution in [0.2, 0.25) is 0 Å². The Morgan fingerprint density at radius 3 is 2.70 bits per heavy atom. The summed E-state index contributed by atoms with van der Waals surface area (Å²) in [7, 11) is 0. The molecule has 1 aromatic rings. The van der Waals surface area contributed by atoms with Crippen molar-refractivity contribution < 1.29 is 14.3 Å². The third-order valence-corrected chi connectivity index (χ3v) is 4.10. The molecule has 0 aromatic heterocycles. The van der Waals surface area contributed by atoms with Gasteiger partial charge in [-0.05, 0) is 55.9 Å². The van der Waals surface area contributed by atoms with Crippen molar-refractivity contribution in [2.24, 2.45) is 5.92 Å². The van der Waals surface area contributed by atoms with E-state index in [2.05, 4.69) is 5.32 Å². The molecule has 1 aliphatic rings. The Bertz CT molecular complexity index is 584. The lowest BCUT2D eigenvalue weighted by molar-refractivity contribution is -0.120. The average Bonchev–Trinajstić information content (AvgIpc) is 2.98. The molecule has 1 aromatic carbocycles. The molecule has 0 bridgehead atoms.